The fourth-order valence-corrected chi connectivity index (χ4v) is 4.61. The standard InChI is InChI=1S/C14H21ClN2O2S/c1-10-8-12(15)6-7-14(10)20(18,19)17-13-5-3-2-4-11(13)9-16/h6-8,11,13,17H,2-5,9,16H2,1H3. The van der Waals surface area contributed by atoms with Gasteiger partial charge in [0.2, 0.25) is 10.0 Å². The van der Waals surface area contributed by atoms with E-state index in [1.54, 1.807) is 25.1 Å². The van der Waals surface area contributed by atoms with Crippen LogP contribution in [-0.4, -0.2) is 21.0 Å². The molecule has 0 saturated heterocycles. The highest BCUT2D eigenvalue weighted by Crippen LogP contribution is 2.26. The largest absolute Gasteiger partial charge is 0.330 e. The first-order valence-electron chi connectivity index (χ1n) is 6.92. The molecule has 1 fully saturated rings. The number of hydrogen-bond acceptors (Lipinski definition) is 3. The number of hydrogen-bond donors (Lipinski definition) is 2. The van der Waals surface area contributed by atoms with Gasteiger partial charge in [-0.1, -0.05) is 24.4 Å². The first-order valence-corrected chi connectivity index (χ1v) is 8.78. The van der Waals surface area contributed by atoms with Gasteiger partial charge < -0.3 is 5.73 Å². The first kappa shape index (κ1) is 15.8. The van der Waals surface area contributed by atoms with Crippen LogP contribution in [-0.2, 0) is 10.0 Å². The molecule has 2 rings (SSSR count). The molecular formula is C14H21ClN2O2S. The summed E-state index contributed by atoms with van der Waals surface area (Å²) in [5, 5.41) is 0.541. The highest BCUT2D eigenvalue weighted by molar-refractivity contribution is 7.89. The first-order chi connectivity index (χ1) is 9.44. The smallest absolute Gasteiger partial charge is 0.241 e. The van der Waals surface area contributed by atoms with Gasteiger partial charge in [0.05, 0.1) is 4.90 Å². The highest BCUT2D eigenvalue weighted by atomic mass is 35.5. The van der Waals surface area contributed by atoms with E-state index in [1.807, 2.05) is 0 Å². The minimum atomic E-state index is -3.51. The third-order valence-corrected chi connectivity index (χ3v) is 5.83. The zero-order valence-corrected chi connectivity index (χ0v) is 13.2. The van der Waals surface area contributed by atoms with Crippen LogP contribution in [0.15, 0.2) is 23.1 Å². The Hall–Kier alpha value is -0.620. The van der Waals surface area contributed by atoms with Gasteiger partial charge in [-0.15, -0.1) is 0 Å². The summed E-state index contributed by atoms with van der Waals surface area (Å²) >= 11 is 5.87. The SMILES string of the molecule is Cc1cc(Cl)ccc1S(=O)(=O)NC1CCCCC1CN. The Balaban J connectivity index is 2.22. The fourth-order valence-electron chi connectivity index (χ4n) is 2.82. The van der Waals surface area contributed by atoms with Crippen molar-refractivity contribution >= 4 is 21.6 Å². The maximum absolute atomic E-state index is 12.5. The molecule has 0 aliphatic heterocycles. The van der Waals surface area contributed by atoms with Crippen molar-refractivity contribution in [2.24, 2.45) is 11.7 Å². The molecule has 4 nitrogen and oxygen atoms in total. The van der Waals surface area contributed by atoms with E-state index in [9.17, 15) is 8.42 Å². The number of halogens is 1. The zero-order valence-electron chi connectivity index (χ0n) is 11.6. The zero-order chi connectivity index (χ0) is 14.8. The van der Waals surface area contributed by atoms with Crippen molar-refractivity contribution in [1.29, 1.82) is 0 Å². The van der Waals surface area contributed by atoms with Gasteiger partial charge in [-0.2, -0.15) is 0 Å². The molecule has 1 aromatic rings. The Morgan fingerprint density at radius 3 is 2.70 bits per heavy atom. The van der Waals surface area contributed by atoms with Crippen LogP contribution < -0.4 is 10.5 Å². The molecule has 0 spiro atoms. The van der Waals surface area contributed by atoms with E-state index in [0.717, 1.165) is 25.7 Å². The van der Waals surface area contributed by atoms with Crippen LogP contribution in [0.25, 0.3) is 0 Å². The normalized spacial score (nSPS) is 23.8. The van der Waals surface area contributed by atoms with Gasteiger partial charge in [0.15, 0.2) is 0 Å². The quantitative estimate of drug-likeness (QED) is 0.896. The second kappa shape index (κ2) is 6.43. The molecule has 2 unspecified atom stereocenters. The van der Waals surface area contributed by atoms with Crippen molar-refractivity contribution in [3.8, 4) is 0 Å². The van der Waals surface area contributed by atoms with E-state index >= 15 is 0 Å². The summed E-state index contributed by atoms with van der Waals surface area (Å²) in [4.78, 5) is 0.295. The Morgan fingerprint density at radius 2 is 2.05 bits per heavy atom. The monoisotopic (exact) mass is 316 g/mol. The molecule has 0 amide bonds. The maximum Gasteiger partial charge on any atom is 0.241 e. The van der Waals surface area contributed by atoms with Crippen LogP contribution in [0.1, 0.15) is 31.2 Å². The van der Waals surface area contributed by atoms with E-state index < -0.39 is 10.0 Å². The number of nitrogens with one attached hydrogen (secondary N) is 1. The van der Waals surface area contributed by atoms with E-state index in [2.05, 4.69) is 4.72 Å². The van der Waals surface area contributed by atoms with Gasteiger partial charge in [-0.25, -0.2) is 13.1 Å². The molecule has 6 heteroatoms. The molecular weight excluding hydrogens is 296 g/mol. The lowest BCUT2D eigenvalue weighted by Gasteiger charge is -2.31. The van der Waals surface area contributed by atoms with Crippen molar-refractivity contribution in [3.63, 3.8) is 0 Å². The van der Waals surface area contributed by atoms with Gasteiger partial charge in [0, 0.05) is 11.1 Å². The van der Waals surface area contributed by atoms with Crippen LogP contribution in [0.4, 0.5) is 0 Å². The van der Waals surface area contributed by atoms with Gasteiger partial charge >= 0.3 is 0 Å². The minimum Gasteiger partial charge on any atom is -0.330 e. The predicted octanol–water partition coefficient (Wildman–Crippen LogP) is 2.44. The van der Waals surface area contributed by atoms with Crippen LogP contribution in [0.3, 0.4) is 0 Å². The molecule has 3 N–H and O–H groups in total. The second-order valence-corrected chi connectivity index (χ2v) is 7.54. The number of sulfonamides is 1. The summed E-state index contributed by atoms with van der Waals surface area (Å²) in [7, 11) is -3.51. The molecule has 1 aromatic carbocycles. The molecule has 1 aliphatic rings. The van der Waals surface area contributed by atoms with Crippen molar-refractivity contribution < 1.29 is 8.42 Å². The molecule has 0 aromatic heterocycles. The van der Waals surface area contributed by atoms with Gasteiger partial charge in [0.25, 0.3) is 0 Å². The van der Waals surface area contributed by atoms with Crippen LogP contribution >= 0.6 is 11.6 Å². The summed E-state index contributed by atoms with van der Waals surface area (Å²) in [5.74, 6) is 0.228. The Kier molecular flexibility index (Phi) is 5.07. The Labute approximate surface area is 125 Å². The van der Waals surface area contributed by atoms with Crippen LogP contribution in [0, 0.1) is 12.8 Å². The molecule has 2 atom stereocenters. The van der Waals surface area contributed by atoms with Crippen LogP contribution in [0.2, 0.25) is 5.02 Å². The topological polar surface area (TPSA) is 72.2 Å². The predicted molar refractivity (Wildman–Crippen MR) is 81.3 cm³/mol. The van der Waals surface area contributed by atoms with E-state index in [4.69, 9.17) is 17.3 Å². The van der Waals surface area contributed by atoms with Crippen molar-refractivity contribution in [1.82, 2.24) is 4.72 Å². The van der Waals surface area contributed by atoms with E-state index in [-0.39, 0.29) is 12.0 Å². The fraction of sp³-hybridized carbons (Fsp3) is 0.571. The molecule has 20 heavy (non-hydrogen) atoms. The highest BCUT2D eigenvalue weighted by Gasteiger charge is 2.29. The maximum atomic E-state index is 12.5. The van der Waals surface area contributed by atoms with E-state index in [1.165, 1.54) is 0 Å². The molecule has 112 valence electrons. The summed E-state index contributed by atoms with van der Waals surface area (Å²) in [6.45, 7) is 2.27. The molecule has 1 saturated carbocycles. The second-order valence-electron chi connectivity index (χ2n) is 5.42. The van der Waals surface area contributed by atoms with Crippen molar-refractivity contribution in [2.45, 2.75) is 43.5 Å². The third-order valence-electron chi connectivity index (χ3n) is 3.94. The van der Waals surface area contributed by atoms with Gasteiger partial charge in [-0.3, -0.25) is 0 Å². The average molecular weight is 317 g/mol. The summed E-state index contributed by atoms with van der Waals surface area (Å²) in [5.41, 5.74) is 6.41. The molecule has 1 aliphatic carbocycles. The minimum absolute atomic E-state index is 0.0613. The number of rotatable bonds is 4. The lowest BCUT2D eigenvalue weighted by atomic mass is 9.85. The van der Waals surface area contributed by atoms with Gasteiger partial charge in [0.1, 0.15) is 0 Å². The van der Waals surface area contributed by atoms with Gasteiger partial charge in [-0.05, 0) is 56.0 Å². The van der Waals surface area contributed by atoms with Crippen LogP contribution in [0.5, 0.6) is 0 Å². The number of nitrogens with two attached hydrogens (primary N) is 1. The number of benzene rings is 1. The lowest BCUT2D eigenvalue weighted by molar-refractivity contribution is 0.296. The molecule has 0 heterocycles. The third kappa shape index (κ3) is 3.52. The summed E-state index contributed by atoms with van der Waals surface area (Å²) < 4.78 is 27.8. The number of aryl methyl sites for hydroxylation is 1. The Bertz CT molecular complexity index is 575. The summed E-state index contributed by atoms with van der Waals surface area (Å²) in [6, 6.07) is 4.76. The lowest BCUT2D eigenvalue weighted by Crippen LogP contribution is -2.44. The average Bonchev–Trinajstić information content (AvgIpc) is 2.38. The van der Waals surface area contributed by atoms with E-state index in [0.29, 0.717) is 22.0 Å². The molecule has 0 radical (unpaired) electrons. The van der Waals surface area contributed by atoms with Crippen molar-refractivity contribution in [2.75, 3.05) is 6.54 Å². The molecule has 0 bridgehead atoms. The summed E-state index contributed by atoms with van der Waals surface area (Å²) in [6.07, 6.45) is 4.01. The Morgan fingerprint density at radius 1 is 1.35 bits per heavy atom. The van der Waals surface area contributed by atoms with Crippen molar-refractivity contribution in [3.05, 3.63) is 28.8 Å².